The molecule has 2 heterocycles. The van der Waals surface area contributed by atoms with E-state index < -0.39 is 0 Å². The van der Waals surface area contributed by atoms with E-state index in [1.54, 1.807) is 0 Å². The van der Waals surface area contributed by atoms with Gasteiger partial charge in [0.15, 0.2) is 0 Å². The topological polar surface area (TPSA) is 39.1 Å². The summed E-state index contributed by atoms with van der Waals surface area (Å²) in [5.41, 5.74) is 1.08. The van der Waals surface area contributed by atoms with E-state index in [9.17, 15) is 0 Å². The standard InChI is InChI=1S/C15H27N3OS/c1-4-19-9-6-8-18-11-13(2)17-14(18)16-12-15(3)7-5-10-20-15/h11H,4-10,12H2,1-3H3,(H,16,17). The summed E-state index contributed by atoms with van der Waals surface area (Å²) in [6.45, 7) is 10.0. The van der Waals surface area contributed by atoms with Gasteiger partial charge in [0.2, 0.25) is 5.95 Å². The van der Waals surface area contributed by atoms with Crippen LogP contribution in [0.4, 0.5) is 5.95 Å². The highest BCUT2D eigenvalue weighted by atomic mass is 32.2. The van der Waals surface area contributed by atoms with E-state index in [1.165, 1.54) is 18.6 Å². The summed E-state index contributed by atoms with van der Waals surface area (Å²) in [6, 6.07) is 0. The molecule has 2 rings (SSSR count). The largest absolute Gasteiger partial charge is 0.382 e. The van der Waals surface area contributed by atoms with Crippen LogP contribution in [0.1, 0.15) is 38.8 Å². The van der Waals surface area contributed by atoms with Gasteiger partial charge in [-0.15, -0.1) is 0 Å². The second-order valence-corrected chi connectivity index (χ2v) is 7.39. The van der Waals surface area contributed by atoms with Crippen LogP contribution >= 0.6 is 11.8 Å². The van der Waals surface area contributed by atoms with Crippen molar-refractivity contribution in [1.82, 2.24) is 9.55 Å². The van der Waals surface area contributed by atoms with Crippen molar-refractivity contribution >= 4 is 17.7 Å². The maximum Gasteiger partial charge on any atom is 0.203 e. The molecular weight excluding hydrogens is 270 g/mol. The number of hydrogen-bond donors (Lipinski definition) is 1. The monoisotopic (exact) mass is 297 g/mol. The lowest BCUT2D eigenvalue weighted by Crippen LogP contribution is -2.28. The molecule has 0 aromatic carbocycles. The fourth-order valence-corrected chi connectivity index (χ4v) is 3.83. The van der Waals surface area contributed by atoms with E-state index in [1.807, 2.05) is 6.92 Å². The number of aromatic nitrogens is 2. The van der Waals surface area contributed by atoms with Crippen molar-refractivity contribution in [3.63, 3.8) is 0 Å². The van der Waals surface area contributed by atoms with Gasteiger partial charge in [-0.25, -0.2) is 4.98 Å². The highest BCUT2D eigenvalue weighted by molar-refractivity contribution is 8.00. The van der Waals surface area contributed by atoms with Crippen LogP contribution in [0.15, 0.2) is 6.20 Å². The summed E-state index contributed by atoms with van der Waals surface area (Å²) in [4.78, 5) is 4.60. The number of nitrogens with zero attached hydrogens (tertiary/aromatic N) is 2. The molecule has 1 fully saturated rings. The van der Waals surface area contributed by atoms with Crippen LogP contribution in [-0.4, -0.2) is 39.8 Å². The molecule has 0 aliphatic carbocycles. The molecule has 4 nitrogen and oxygen atoms in total. The highest BCUT2D eigenvalue weighted by Gasteiger charge is 2.29. The first kappa shape index (κ1) is 15.7. The Morgan fingerprint density at radius 3 is 3.10 bits per heavy atom. The minimum Gasteiger partial charge on any atom is -0.382 e. The van der Waals surface area contributed by atoms with E-state index in [4.69, 9.17) is 4.74 Å². The SMILES string of the molecule is CCOCCCn1cc(C)nc1NCC1(C)CCCS1. The predicted octanol–water partition coefficient (Wildman–Crippen LogP) is 3.32. The van der Waals surface area contributed by atoms with Crippen LogP contribution in [0.3, 0.4) is 0 Å². The van der Waals surface area contributed by atoms with Gasteiger partial charge >= 0.3 is 0 Å². The third kappa shape index (κ3) is 4.42. The predicted molar refractivity (Wildman–Crippen MR) is 86.7 cm³/mol. The van der Waals surface area contributed by atoms with Crippen molar-refractivity contribution in [2.45, 2.75) is 51.3 Å². The van der Waals surface area contributed by atoms with Crippen LogP contribution in [-0.2, 0) is 11.3 Å². The molecule has 1 aliphatic rings. The van der Waals surface area contributed by atoms with Gasteiger partial charge in [0.05, 0.1) is 5.69 Å². The van der Waals surface area contributed by atoms with Gasteiger partial charge in [0.25, 0.3) is 0 Å². The van der Waals surface area contributed by atoms with Crippen molar-refractivity contribution in [1.29, 1.82) is 0 Å². The van der Waals surface area contributed by atoms with Gasteiger partial charge in [-0.3, -0.25) is 0 Å². The lowest BCUT2D eigenvalue weighted by atomic mass is 10.1. The maximum atomic E-state index is 5.40. The molecule has 0 amide bonds. The Kier molecular flexibility index (Phi) is 5.78. The third-order valence-electron chi connectivity index (χ3n) is 3.71. The lowest BCUT2D eigenvalue weighted by Gasteiger charge is -2.23. The van der Waals surface area contributed by atoms with Crippen LogP contribution in [0.25, 0.3) is 0 Å². The Labute approximate surface area is 126 Å². The number of anilines is 1. The van der Waals surface area contributed by atoms with Gasteiger partial charge in [-0.05, 0) is 45.8 Å². The summed E-state index contributed by atoms with van der Waals surface area (Å²) in [6.07, 6.45) is 5.79. The molecule has 1 aromatic rings. The molecule has 1 aromatic heterocycles. The smallest absolute Gasteiger partial charge is 0.203 e. The molecule has 0 bridgehead atoms. The second kappa shape index (κ2) is 7.36. The Balaban J connectivity index is 1.86. The van der Waals surface area contributed by atoms with Crippen molar-refractivity contribution in [3.05, 3.63) is 11.9 Å². The van der Waals surface area contributed by atoms with E-state index >= 15 is 0 Å². The number of rotatable bonds is 8. The number of nitrogens with one attached hydrogen (secondary N) is 1. The number of imidazole rings is 1. The Morgan fingerprint density at radius 2 is 2.40 bits per heavy atom. The molecular formula is C15H27N3OS. The molecule has 1 aliphatic heterocycles. The number of aryl methyl sites for hydroxylation is 2. The van der Waals surface area contributed by atoms with E-state index in [2.05, 4.69) is 46.7 Å². The lowest BCUT2D eigenvalue weighted by molar-refractivity contribution is 0.142. The van der Waals surface area contributed by atoms with Crippen LogP contribution < -0.4 is 5.32 Å². The average molecular weight is 297 g/mol. The van der Waals surface area contributed by atoms with Crippen LogP contribution in [0.2, 0.25) is 0 Å². The molecule has 20 heavy (non-hydrogen) atoms. The summed E-state index contributed by atoms with van der Waals surface area (Å²) in [5, 5.41) is 3.55. The fourth-order valence-electron chi connectivity index (χ4n) is 2.58. The minimum absolute atomic E-state index is 0.371. The summed E-state index contributed by atoms with van der Waals surface area (Å²) >= 11 is 2.08. The Morgan fingerprint density at radius 1 is 1.55 bits per heavy atom. The molecule has 5 heteroatoms. The molecule has 1 N–H and O–H groups in total. The summed E-state index contributed by atoms with van der Waals surface area (Å²) in [5.74, 6) is 2.30. The summed E-state index contributed by atoms with van der Waals surface area (Å²) in [7, 11) is 0. The second-order valence-electron chi connectivity index (χ2n) is 5.71. The molecule has 0 spiro atoms. The van der Waals surface area contributed by atoms with E-state index in [0.29, 0.717) is 4.75 Å². The Hall–Kier alpha value is -0.680. The zero-order valence-corrected chi connectivity index (χ0v) is 13.8. The maximum absolute atomic E-state index is 5.40. The normalized spacial score (nSPS) is 22.4. The molecule has 0 radical (unpaired) electrons. The van der Waals surface area contributed by atoms with E-state index in [-0.39, 0.29) is 0 Å². The quantitative estimate of drug-likeness (QED) is 0.747. The molecule has 1 unspecified atom stereocenters. The van der Waals surface area contributed by atoms with Crippen molar-refractivity contribution in [2.24, 2.45) is 0 Å². The molecule has 1 saturated heterocycles. The molecule has 114 valence electrons. The average Bonchev–Trinajstić information content (AvgIpc) is 2.99. The number of thioether (sulfide) groups is 1. The highest BCUT2D eigenvalue weighted by Crippen LogP contribution is 2.37. The van der Waals surface area contributed by atoms with Crippen molar-refractivity contribution < 1.29 is 4.74 Å². The van der Waals surface area contributed by atoms with Crippen molar-refractivity contribution in [3.8, 4) is 0 Å². The van der Waals surface area contributed by atoms with Crippen molar-refractivity contribution in [2.75, 3.05) is 30.8 Å². The van der Waals surface area contributed by atoms with Gasteiger partial charge < -0.3 is 14.6 Å². The van der Waals surface area contributed by atoms with Gasteiger partial charge in [0, 0.05) is 37.2 Å². The molecule has 1 atom stereocenters. The Bertz CT molecular complexity index is 413. The first-order valence-electron chi connectivity index (χ1n) is 7.62. The van der Waals surface area contributed by atoms with E-state index in [0.717, 1.165) is 44.4 Å². The summed E-state index contributed by atoms with van der Waals surface area (Å²) < 4.78 is 7.99. The van der Waals surface area contributed by atoms with Gasteiger partial charge in [-0.1, -0.05) is 0 Å². The van der Waals surface area contributed by atoms with Crippen LogP contribution in [0, 0.1) is 6.92 Å². The zero-order chi connectivity index (χ0) is 14.4. The molecule has 0 saturated carbocycles. The van der Waals surface area contributed by atoms with Gasteiger partial charge in [0.1, 0.15) is 0 Å². The number of ether oxygens (including phenoxy) is 1. The van der Waals surface area contributed by atoms with Crippen LogP contribution in [0.5, 0.6) is 0 Å². The first-order valence-corrected chi connectivity index (χ1v) is 8.61. The third-order valence-corrected chi connectivity index (χ3v) is 5.25. The van der Waals surface area contributed by atoms with Gasteiger partial charge in [-0.2, -0.15) is 11.8 Å². The fraction of sp³-hybridized carbons (Fsp3) is 0.800. The zero-order valence-electron chi connectivity index (χ0n) is 12.9. The number of hydrogen-bond acceptors (Lipinski definition) is 4. The first-order chi connectivity index (χ1) is 9.63. The minimum atomic E-state index is 0.371.